The molecule has 1 saturated heterocycles. The monoisotopic (exact) mass is 325 g/mol. The van der Waals surface area contributed by atoms with Crippen molar-refractivity contribution in [2.75, 3.05) is 26.4 Å². The number of esters is 1. The van der Waals surface area contributed by atoms with E-state index in [1.807, 2.05) is 0 Å². The number of hydrogen-bond acceptors (Lipinski definition) is 5. The Kier molecular flexibility index (Phi) is 5.54. The molecule has 0 aromatic carbocycles. The smallest absolute Gasteiger partial charge is 0.305 e. The summed E-state index contributed by atoms with van der Waals surface area (Å²) in [6.07, 6.45) is 6.76. The zero-order valence-electron chi connectivity index (χ0n) is 13.7. The Bertz CT molecular complexity index is 419. The first-order chi connectivity index (χ1) is 11.2. The van der Waals surface area contributed by atoms with Crippen LogP contribution in [-0.4, -0.2) is 44.0 Å². The molecule has 1 aliphatic heterocycles. The maximum Gasteiger partial charge on any atom is 0.305 e. The van der Waals surface area contributed by atoms with E-state index in [4.69, 9.17) is 14.2 Å². The summed E-state index contributed by atoms with van der Waals surface area (Å²) < 4.78 is 16.8. The molecular weight excluding hydrogens is 298 g/mol. The molecular formula is C17H27NO5. The van der Waals surface area contributed by atoms with Crippen LogP contribution in [0.25, 0.3) is 0 Å². The van der Waals surface area contributed by atoms with E-state index < -0.39 is 0 Å². The lowest BCUT2D eigenvalue weighted by Gasteiger charge is -2.35. The molecule has 0 radical (unpaired) electrons. The summed E-state index contributed by atoms with van der Waals surface area (Å²) in [4.78, 5) is 23.2. The minimum absolute atomic E-state index is 0.130. The standard InChI is InChI=1S/C17H27NO5/c19-15(2-1-9-18-16(20)14-3-4-14)21-12-13-5-7-17(8-6-13)22-10-11-23-17/h13-14H,1-12H2,(H,18,20). The maximum absolute atomic E-state index is 11.7. The second-order valence-electron chi connectivity index (χ2n) is 6.90. The summed E-state index contributed by atoms with van der Waals surface area (Å²) in [5.74, 6) is 0.252. The Morgan fingerprint density at radius 2 is 1.78 bits per heavy atom. The molecule has 6 nitrogen and oxygen atoms in total. The Morgan fingerprint density at radius 1 is 1.09 bits per heavy atom. The SMILES string of the molecule is O=C(CCCNC(=O)C1CC1)OCC1CCC2(CC1)OCCO2. The fraction of sp³-hybridized carbons (Fsp3) is 0.882. The molecule has 3 rings (SSSR count). The van der Waals surface area contributed by atoms with Crippen LogP contribution in [0.4, 0.5) is 0 Å². The van der Waals surface area contributed by atoms with E-state index in [9.17, 15) is 9.59 Å². The first-order valence-electron chi connectivity index (χ1n) is 8.88. The van der Waals surface area contributed by atoms with Crippen molar-refractivity contribution in [1.82, 2.24) is 5.32 Å². The number of ether oxygens (including phenoxy) is 3. The summed E-state index contributed by atoms with van der Waals surface area (Å²) in [6, 6.07) is 0. The molecule has 1 N–H and O–H groups in total. The van der Waals surface area contributed by atoms with E-state index >= 15 is 0 Å². The molecule has 1 amide bonds. The quantitative estimate of drug-likeness (QED) is 0.570. The first-order valence-corrected chi connectivity index (χ1v) is 8.88. The van der Waals surface area contributed by atoms with E-state index in [0.29, 0.717) is 45.1 Å². The zero-order valence-corrected chi connectivity index (χ0v) is 13.7. The number of nitrogens with one attached hydrogen (secondary N) is 1. The minimum Gasteiger partial charge on any atom is -0.465 e. The van der Waals surface area contributed by atoms with Gasteiger partial charge in [-0.05, 0) is 38.0 Å². The largest absolute Gasteiger partial charge is 0.465 e. The van der Waals surface area contributed by atoms with Crippen LogP contribution in [0.3, 0.4) is 0 Å². The van der Waals surface area contributed by atoms with Gasteiger partial charge in [-0.2, -0.15) is 0 Å². The van der Waals surface area contributed by atoms with Crippen LogP contribution in [0, 0.1) is 11.8 Å². The number of rotatable bonds is 7. The molecule has 2 aliphatic carbocycles. The van der Waals surface area contributed by atoms with Crippen LogP contribution >= 0.6 is 0 Å². The molecule has 130 valence electrons. The van der Waals surface area contributed by atoms with Crippen molar-refractivity contribution in [2.45, 2.75) is 57.2 Å². The average molecular weight is 325 g/mol. The number of hydrogen-bond donors (Lipinski definition) is 1. The Morgan fingerprint density at radius 3 is 2.43 bits per heavy atom. The molecule has 0 aromatic heterocycles. The molecule has 6 heteroatoms. The molecule has 3 aliphatic rings. The highest BCUT2D eigenvalue weighted by atomic mass is 16.7. The van der Waals surface area contributed by atoms with Crippen molar-refractivity contribution in [3.63, 3.8) is 0 Å². The second kappa shape index (κ2) is 7.62. The summed E-state index contributed by atoms with van der Waals surface area (Å²) >= 11 is 0. The third-order valence-corrected chi connectivity index (χ3v) is 4.97. The fourth-order valence-electron chi connectivity index (χ4n) is 3.29. The van der Waals surface area contributed by atoms with Gasteiger partial charge in [0.1, 0.15) is 0 Å². The van der Waals surface area contributed by atoms with Gasteiger partial charge >= 0.3 is 5.97 Å². The highest BCUT2D eigenvalue weighted by Gasteiger charge is 2.40. The van der Waals surface area contributed by atoms with Crippen LogP contribution < -0.4 is 5.32 Å². The van der Waals surface area contributed by atoms with Crippen LogP contribution in [0.1, 0.15) is 51.4 Å². The maximum atomic E-state index is 11.7. The van der Waals surface area contributed by atoms with E-state index in [2.05, 4.69) is 5.32 Å². The van der Waals surface area contributed by atoms with Crippen LogP contribution in [0.2, 0.25) is 0 Å². The molecule has 2 saturated carbocycles. The average Bonchev–Trinajstić information content (AvgIpc) is 3.32. The third-order valence-electron chi connectivity index (χ3n) is 4.97. The normalized spacial score (nSPS) is 23.8. The van der Waals surface area contributed by atoms with Gasteiger partial charge in [-0.25, -0.2) is 0 Å². The van der Waals surface area contributed by atoms with Gasteiger partial charge in [0.05, 0.1) is 19.8 Å². The highest BCUT2D eigenvalue weighted by Crippen LogP contribution is 2.38. The predicted molar refractivity (Wildman–Crippen MR) is 82.5 cm³/mol. The summed E-state index contributed by atoms with van der Waals surface area (Å²) in [6.45, 7) is 2.43. The zero-order chi connectivity index (χ0) is 16.1. The Balaban J connectivity index is 1.22. The Labute approximate surface area is 137 Å². The van der Waals surface area contributed by atoms with Crippen molar-refractivity contribution >= 4 is 11.9 Å². The van der Waals surface area contributed by atoms with Crippen molar-refractivity contribution in [3.05, 3.63) is 0 Å². The van der Waals surface area contributed by atoms with Crippen molar-refractivity contribution < 1.29 is 23.8 Å². The van der Waals surface area contributed by atoms with E-state index in [-0.39, 0.29) is 23.6 Å². The highest BCUT2D eigenvalue weighted by molar-refractivity contribution is 5.80. The lowest BCUT2D eigenvalue weighted by Crippen LogP contribution is -2.36. The minimum atomic E-state index is -0.347. The Hall–Kier alpha value is -1.14. The summed E-state index contributed by atoms with van der Waals surface area (Å²) in [5, 5.41) is 2.86. The van der Waals surface area contributed by atoms with Crippen molar-refractivity contribution in [2.24, 2.45) is 11.8 Å². The molecule has 0 unspecified atom stereocenters. The topological polar surface area (TPSA) is 73.9 Å². The molecule has 3 fully saturated rings. The summed E-state index contributed by atoms with van der Waals surface area (Å²) in [7, 11) is 0. The molecule has 1 heterocycles. The van der Waals surface area contributed by atoms with E-state index in [1.54, 1.807) is 0 Å². The molecule has 0 bridgehead atoms. The molecule has 0 aromatic rings. The van der Waals surface area contributed by atoms with Gasteiger partial charge in [-0.1, -0.05) is 0 Å². The van der Waals surface area contributed by atoms with Gasteiger partial charge < -0.3 is 19.5 Å². The first kappa shape index (κ1) is 16.7. The molecule has 0 atom stereocenters. The lowest BCUT2D eigenvalue weighted by molar-refractivity contribution is -0.185. The van der Waals surface area contributed by atoms with Gasteiger partial charge in [0.25, 0.3) is 0 Å². The number of amides is 1. The van der Waals surface area contributed by atoms with Crippen LogP contribution in [-0.2, 0) is 23.8 Å². The van der Waals surface area contributed by atoms with Gasteiger partial charge in [-0.3, -0.25) is 9.59 Å². The lowest BCUT2D eigenvalue weighted by atomic mass is 9.85. The van der Waals surface area contributed by atoms with Gasteiger partial charge in [0, 0.05) is 31.7 Å². The fourth-order valence-corrected chi connectivity index (χ4v) is 3.29. The van der Waals surface area contributed by atoms with Crippen LogP contribution in [0.15, 0.2) is 0 Å². The van der Waals surface area contributed by atoms with Crippen molar-refractivity contribution in [3.8, 4) is 0 Å². The van der Waals surface area contributed by atoms with E-state index in [0.717, 1.165) is 38.5 Å². The second-order valence-corrected chi connectivity index (χ2v) is 6.90. The molecule has 1 spiro atoms. The predicted octanol–water partition coefficient (Wildman–Crippen LogP) is 1.77. The number of carbonyl (C=O) groups is 2. The van der Waals surface area contributed by atoms with Gasteiger partial charge in [0.2, 0.25) is 5.91 Å². The molecule has 23 heavy (non-hydrogen) atoms. The third kappa shape index (κ3) is 4.91. The number of carbonyl (C=O) groups excluding carboxylic acids is 2. The summed E-state index contributed by atoms with van der Waals surface area (Å²) in [5.41, 5.74) is 0. The van der Waals surface area contributed by atoms with Crippen molar-refractivity contribution in [1.29, 1.82) is 0 Å². The van der Waals surface area contributed by atoms with Gasteiger partial charge in [0.15, 0.2) is 5.79 Å². The van der Waals surface area contributed by atoms with E-state index in [1.165, 1.54) is 0 Å². The van der Waals surface area contributed by atoms with Gasteiger partial charge in [-0.15, -0.1) is 0 Å². The van der Waals surface area contributed by atoms with Crippen LogP contribution in [0.5, 0.6) is 0 Å².